The van der Waals surface area contributed by atoms with Gasteiger partial charge in [-0.3, -0.25) is 19.2 Å². The highest BCUT2D eigenvalue weighted by atomic mass is 19.4. The summed E-state index contributed by atoms with van der Waals surface area (Å²) in [5, 5.41) is 23.4. The first-order valence-electron chi connectivity index (χ1n) is 25.1. The molecule has 4 rings (SSSR count). The Balaban J connectivity index is 1.70. The Bertz CT molecular complexity index is 1980. The zero-order chi connectivity index (χ0) is 53.0. The molecule has 3 fully saturated rings. The lowest BCUT2D eigenvalue weighted by atomic mass is 9.78. The van der Waals surface area contributed by atoms with Gasteiger partial charge in [0.25, 0.3) is 11.7 Å². The molecule has 3 heterocycles. The van der Waals surface area contributed by atoms with Gasteiger partial charge in [0.1, 0.15) is 36.2 Å². The molecule has 0 spiro atoms. The largest absolute Gasteiger partial charge is 0.490 e. The average Bonchev–Trinajstić information content (AvgIpc) is 3.33. The van der Waals surface area contributed by atoms with Crippen molar-refractivity contribution in [2.75, 3.05) is 27.9 Å². The van der Waals surface area contributed by atoms with Crippen molar-refractivity contribution in [1.29, 1.82) is 0 Å². The number of Topliss-reactive ketones (excluding diaryl/α,β-unsaturated/α-hetero) is 3. The fourth-order valence-electron chi connectivity index (χ4n) is 10.4. The number of aliphatic hydroxyl groups is 2. The van der Waals surface area contributed by atoms with Crippen LogP contribution in [0, 0.1) is 35.5 Å². The van der Waals surface area contributed by atoms with Gasteiger partial charge < -0.3 is 43.5 Å². The Morgan fingerprint density at radius 2 is 1.58 bits per heavy atom. The fourth-order valence-corrected chi connectivity index (χ4v) is 10.4. The molecule has 0 aromatic carbocycles. The number of hydrogen-bond donors (Lipinski definition) is 2. The molecule has 2 bridgehead atoms. The number of carbonyl (C=O) groups excluding carboxylic acids is 6. The molecule has 18 heteroatoms. The second-order valence-corrected chi connectivity index (χ2v) is 20.5. The van der Waals surface area contributed by atoms with Crippen molar-refractivity contribution in [3.63, 3.8) is 0 Å². The van der Waals surface area contributed by atoms with Gasteiger partial charge in [0.2, 0.25) is 5.79 Å². The minimum Gasteiger partial charge on any atom is -0.460 e. The van der Waals surface area contributed by atoms with Crippen LogP contribution < -0.4 is 0 Å². The van der Waals surface area contributed by atoms with E-state index in [9.17, 15) is 52.2 Å². The quantitative estimate of drug-likeness (QED) is 0.146. The zero-order valence-corrected chi connectivity index (χ0v) is 43.1. The maximum atomic E-state index is 14.4. The first-order chi connectivity index (χ1) is 33.4. The molecule has 2 saturated heterocycles. The summed E-state index contributed by atoms with van der Waals surface area (Å²) < 4.78 is 73.2. The van der Waals surface area contributed by atoms with Gasteiger partial charge in [-0.05, 0) is 107 Å². The minimum atomic E-state index is -5.18. The van der Waals surface area contributed by atoms with E-state index in [-0.39, 0.29) is 62.1 Å². The van der Waals surface area contributed by atoms with Gasteiger partial charge in [-0.1, -0.05) is 71.1 Å². The number of piperidine rings is 1. The molecule has 0 aromatic rings. The number of ketones is 3. The molecule has 1 amide bonds. The number of carbonyl (C=O) groups is 6. The third-order valence-corrected chi connectivity index (χ3v) is 14.9. The van der Waals surface area contributed by atoms with Crippen molar-refractivity contribution in [3.8, 4) is 0 Å². The van der Waals surface area contributed by atoms with Gasteiger partial charge in [0.05, 0.1) is 18.3 Å². The van der Waals surface area contributed by atoms with Crippen LogP contribution in [0.1, 0.15) is 126 Å². The van der Waals surface area contributed by atoms with Crippen molar-refractivity contribution in [1.82, 2.24) is 4.90 Å². The van der Waals surface area contributed by atoms with Gasteiger partial charge in [0.15, 0.2) is 5.78 Å². The number of hydrogen-bond acceptors (Lipinski definition) is 14. The lowest BCUT2D eigenvalue weighted by Gasteiger charge is -2.42. The predicted octanol–water partition coefficient (Wildman–Crippen LogP) is 7.29. The zero-order valence-electron chi connectivity index (χ0n) is 43.1. The monoisotopic (exact) mass is 1010 g/mol. The van der Waals surface area contributed by atoms with Crippen LogP contribution in [0.4, 0.5) is 13.2 Å². The summed E-state index contributed by atoms with van der Waals surface area (Å²) in [6.07, 6.45) is 2.09. The third-order valence-electron chi connectivity index (χ3n) is 14.9. The van der Waals surface area contributed by atoms with E-state index in [0.717, 1.165) is 10.5 Å². The standard InChI is InChI=1S/C53H78F3NO14/c1-30-16-12-11-13-17-31(2)42(66-8)28-38-21-19-36(7)52(65,71-38)48(61)49(62)57-23-15-14-18-39(57)50(63)69-43(29-40(58)32(3)25-35(6)46(60)47(68-10)45(59)34(5)24-30)33(4)26-37-20-22-41(44(27-37)67-9)70-51(64)53(54,55)56/h11-13,16-17,25,30,32-34,36-39,41-44,46-47,60,65H,14-15,18-24,26-29H2,1-10H3/b13-11+,16-12+,31-17+,35-25+/t30-,32-,33-,34-,36-,37+,38+,39+,41-,42+,43+,44-,46-,47+,52-/m1/s1. The number of ether oxygens (including phenoxy) is 6. The molecule has 2 N–H and O–H groups in total. The van der Waals surface area contributed by atoms with E-state index in [1.165, 1.54) is 20.3 Å². The highest BCUT2D eigenvalue weighted by Gasteiger charge is 2.53. The molecule has 71 heavy (non-hydrogen) atoms. The van der Waals surface area contributed by atoms with Crippen molar-refractivity contribution >= 4 is 35.2 Å². The van der Waals surface area contributed by atoms with Crippen LogP contribution in [-0.4, -0.2) is 139 Å². The van der Waals surface area contributed by atoms with E-state index >= 15 is 0 Å². The number of amides is 1. The molecule has 1 saturated carbocycles. The predicted molar refractivity (Wildman–Crippen MR) is 255 cm³/mol. The summed E-state index contributed by atoms with van der Waals surface area (Å²) in [4.78, 5) is 83.7. The van der Waals surface area contributed by atoms with Crippen LogP contribution in [0.15, 0.2) is 47.6 Å². The lowest BCUT2D eigenvalue weighted by Crippen LogP contribution is -2.61. The number of cyclic esters (lactones) is 1. The number of esters is 2. The maximum absolute atomic E-state index is 14.4. The summed E-state index contributed by atoms with van der Waals surface area (Å²) in [7, 11) is 4.18. The van der Waals surface area contributed by atoms with E-state index in [4.69, 9.17) is 28.4 Å². The highest BCUT2D eigenvalue weighted by Crippen LogP contribution is 2.38. The molecule has 4 aliphatic rings. The van der Waals surface area contributed by atoms with Crippen LogP contribution in [-0.2, 0) is 57.2 Å². The summed E-state index contributed by atoms with van der Waals surface area (Å²) >= 11 is 0. The molecule has 0 radical (unpaired) electrons. The van der Waals surface area contributed by atoms with Crippen LogP contribution in [0.3, 0.4) is 0 Å². The van der Waals surface area contributed by atoms with Crippen molar-refractivity contribution in [3.05, 3.63) is 47.6 Å². The number of nitrogens with zero attached hydrogens (tertiary/aromatic N) is 1. The number of alkyl halides is 3. The molecule has 0 unspecified atom stereocenters. The van der Waals surface area contributed by atoms with Gasteiger partial charge in [-0.15, -0.1) is 0 Å². The van der Waals surface area contributed by atoms with E-state index in [1.54, 1.807) is 41.7 Å². The Kier molecular flexibility index (Phi) is 22.4. The summed E-state index contributed by atoms with van der Waals surface area (Å²) in [5.74, 6) is -11.6. The van der Waals surface area contributed by atoms with Crippen molar-refractivity contribution in [2.24, 2.45) is 35.5 Å². The Labute approximate surface area is 416 Å². The smallest absolute Gasteiger partial charge is 0.460 e. The van der Waals surface area contributed by atoms with Gasteiger partial charge in [-0.2, -0.15) is 13.2 Å². The van der Waals surface area contributed by atoms with Crippen molar-refractivity contribution in [2.45, 2.75) is 186 Å². The summed E-state index contributed by atoms with van der Waals surface area (Å²) in [6, 6.07) is -1.26. The number of methoxy groups -OCH3 is 3. The molecule has 400 valence electrons. The molecule has 3 aliphatic heterocycles. The molecule has 15 nitrogen and oxygen atoms in total. The molecular formula is C53H78F3NO14. The maximum Gasteiger partial charge on any atom is 0.490 e. The van der Waals surface area contributed by atoms with Gasteiger partial charge in [0, 0.05) is 58.5 Å². The second kappa shape index (κ2) is 26.8. The van der Waals surface area contributed by atoms with Gasteiger partial charge in [-0.25, -0.2) is 9.59 Å². The molecule has 1 aliphatic carbocycles. The summed E-state index contributed by atoms with van der Waals surface area (Å²) in [6.45, 7) is 12.2. The fraction of sp³-hybridized carbons (Fsp3) is 0.736. The van der Waals surface area contributed by atoms with E-state index in [1.807, 2.05) is 44.2 Å². The minimum absolute atomic E-state index is 0.00246. The number of aliphatic hydroxyl groups excluding tert-OH is 1. The Morgan fingerprint density at radius 3 is 2.23 bits per heavy atom. The van der Waals surface area contributed by atoms with Crippen LogP contribution >= 0.6 is 0 Å². The van der Waals surface area contributed by atoms with E-state index in [0.29, 0.717) is 50.5 Å². The molecular weight excluding hydrogens is 932 g/mol. The summed E-state index contributed by atoms with van der Waals surface area (Å²) in [5.41, 5.74) is 1.15. The number of fused-ring (bicyclic) bond motifs is 3. The van der Waals surface area contributed by atoms with E-state index < -0.39 is 108 Å². The number of halogens is 3. The Hall–Kier alpha value is -4.07. The van der Waals surface area contributed by atoms with Crippen LogP contribution in [0.2, 0.25) is 0 Å². The Morgan fingerprint density at radius 1 is 0.873 bits per heavy atom. The average molecular weight is 1010 g/mol. The lowest BCUT2D eigenvalue weighted by molar-refractivity contribution is -0.265. The number of rotatable bonds is 7. The third kappa shape index (κ3) is 16.0. The van der Waals surface area contributed by atoms with Crippen LogP contribution in [0.5, 0.6) is 0 Å². The van der Waals surface area contributed by atoms with Crippen molar-refractivity contribution < 1.29 is 80.6 Å². The van der Waals surface area contributed by atoms with Crippen LogP contribution in [0.25, 0.3) is 0 Å². The first kappa shape index (κ1) is 59.5. The second-order valence-electron chi connectivity index (χ2n) is 20.5. The topological polar surface area (TPSA) is 201 Å². The highest BCUT2D eigenvalue weighted by molar-refractivity contribution is 6.39. The van der Waals surface area contributed by atoms with E-state index in [2.05, 4.69) is 0 Å². The number of allylic oxidation sites excluding steroid dienone is 6. The normalized spacial score (nSPS) is 38.2. The molecule has 15 atom stereocenters. The molecule has 0 aromatic heterocycles. The first-order valence-corrected chi connectivity index (χ1v) is 25.1. The van der Waals surface area contributed by atoms with Gasteiger partial charge >= 0.3 is 18.1 Å². The SMILES string of the molecule is CO[C@H]1C[C@@H]2CC[C@@H](C)[C@@](O)(O2)C(=O)C(=O)N2CCCC[C@H]2C(=O)O[C@H]([C@H](C)C[C@@H]2CC[C@@H](OC(=O)C(F)(F)F)[C@H](OC)C2)CC(=O)[C@H](C)/C=C(\C)[C@@H](O)[C@@H](OC)C(=O)[C@H](C)C[C@H](C)/C=C/C=C/C=C/1C.